The van der Waals surface area contributed by atoms with E-state index in [-0.39, 0.29) is 29.4 Å². The number of aromatic amines is 1. The molecule has 1 aromatic heterocycles. The van der Waals surface area contributed by atoms with Gasteiger partial charge in [0.25, 0.3) is 5.91 Å². The number of H-pyrrole nitrogens is 1. The lowest BCUT2D eigenvalue weighted by molar-refractivity contribution is -0.274. The van der Waals surface area contributed by atoms with Crippen molar-refractivity contribution in [1.82, 2.24) is 14.6 Å². The number of benzene rings is 1. The monoisotopic (exact) mass is 447 g/mol. The zero-order valence-electron chi connectivity index (χ0n) is 15.9. The maximum absolute atomic E-state index is 12.6. The quantitative estimate of drug-likeness (QED) is 0.709. The summed E-state index contributed by atoms with van der Waals surface area (Å²) < 4.78 is 72.2. The van der Waals surface area contributed by atoms with Crippen LogP contribution in [0.15, 0.2) is 41.4 Å². The highest BCUT2D eigenvalue weighted by atomic mass is 32.2. The molecule has 0 radical (unpaired) electrons. The fourth-order valence-corrected chi connectivity index (χ4v) is 4.31. The van der Waals surface area contributed by atoms with Crippen LogP contribution in [0.4, 0.5) is 13.2 Å². The third-order valence-corrected chi connectivity index (χ3v) is 6.35. The van der Waals surface area contributed by atoms with E-state index >= 15 is 0 Å². The third-order valence-electron chi connectivity index (χ3n) is 4.47. The first-order chi connectivity index (χ1) is 14.1. The van der Waals surface area contributed by atoms with Crippen molar-refractivity contribution in [3.63, 3.8) is 0 Å². The van der Waals surface area contributed by atoms with Gasteiger partial charge in [0, 0.05) is 19.3 Å². The summed E-state index contributed by atoms with van der Waals surface area (Å²) in [4.78, 5) is 15.1. The van der Waals surface area contributed by atoms with E-state index in [0.29, 0.717) is 18.8 Å². The Hall–Kier alpha value is -2.57. The van der Waals surface area contributed by atoms with Crippen LogP contribution in [0.3, 0.4) is 0 Å². The minimum Gasteiger partial charge on any atom is -0.406 e. The number of ether oxygens (including phenoxy) is 2. The van der Waals surface area contributed by atoms with Crippen LogP contribution >= 0.6 is 0 Å². The number of hydrogen-bond donors (Lipinski definition) is 2. The Morgan fingerprint density at radius 3 is 2.47 bits per heavy atom. The topological polar surface area (TPSA) is 101 Å². The van der Waals surface area contributed by atoms with Gasteiger partial charge >= 0.3 is 6.36 Å². The molecule has 1 aromatic carbocycles. The molecule has 1 aliphatic rings. The molecule has 30 heavy (non-hydrogen) atoms. The Labute approximate surface area is 171 Å². The van der Waals surface area contributed by atoms with Crippen molar-refractivity contribution in [3.8, 4) is 5.75 Å². The summed E-state index contributed by atoms with van der Waals surface area (Å²) in [6.45, 7) is 2.73. The van der Waals surface area contributed by atoms with E-state index < -0.39 is 28.3 Å². The first-order valence-electron chi connectivity index (χ1n) is 8.99. The zero-order valence-corrected chi connectivity index (χ0v) is 16.7. The van der Waals surface area contributed by atoms with Crippen LogP contribution in [0.5, 0.6) is 5.75 Å². The average molecular weight is 447 g/mol. The van der Waals surface area contributed by atoms with Gasteiger partial charge < -0.3 is 19.8 Å². The largest absolute Gasteiger partial charge is 0.573 e. The van der Waals surface area contributed by atoms with Gasteiger partial charge in [0.05, 0.1) is 19.3 Å². The number of nitrogens with one attached hydrogen (secondary N) is 2. The van der Waals surface area contributed by atoms with Gasteiger partial charge in [0.15, 0.2) is 0 Å². The summed E-state index contributed by atoms with van der Waals surface area (Å²) in [6, 6.07) is 5.79. The van der Waals surface area contributed by atoms with Crippen LogP contribution in [0, 0.1) is 0 Å². The van der Waals surface area contributed by atoms with Crippen molar-refractivity contribution in [3.05, 3.63) is 47.8 Å². The summed E-state index contributed by atoms with van der Waals surface area (Å²) in [7, 11) is -3.74. The first kappa shape index (κ1) is 22.1. The fourth-order valence-electron chi connectivity index (χ4n) is 2.91. The number of rotatable bonds is 6. The van der Waals surface area contributed by atoms with Crippen LogP contribution in [0.2, 0.25) is 0 Å². The lowest BCUT2D eigenvalue weighted by Gasteiger charge is -2.25. The molecule has 2 heterocycles. The van der Waals surface area contributed by atoms with Crippen molar-refractivity contribution < 1.29 is 35.9 Å². The fraction of sp³-hybridized carbons (Fsp3) is 0.389. The lowest BCUT2D eigenvalue weighted by Crippen LogP contribution is -2.40. The highest BCUT2D eigenvalue weighted by Crippen LogP contribution is 2.24. The van der Waals surface area contributed by atoms with Crippen molar-refractivity contribution in [2.45, 2.75) is 24.2 Å². The molecule has 0 saturated carbocycles. The molecule has 1 aliphatic heterocycles. The second kappa shape index (κ2) is 8.66. The Morgan fingerprint density at radius 2 is 1.87 bits per heavy atom. The van der Waals surface area contributed by atoms with E-state index in [1.807, 2.05) is 0 Å². The van der Waals surface area contributed by atoms with Crippen molar-refractivity contribution in [1.29, 1.82) is 0 Å². The predicted molar refractivity (Wildman–Crippen MR) is 99.4 cm³/mol. The molecule has 8 nitrogen and oxygen atoms in total. The van der Waals surface area contributed by atoms with Gasteiger partial charge in [-0.1, -0.05) is 12.1 Å². The number of hydrogen-bond acceptors (Lipinski definition) is 5. The molecule has 1 amide bonds. The molecule has 1 atom stereocenters. The van der Waals surface area contributed by atoms with Crippen molar-refractivity contribution in [2.24, 2.45) is 0 Å². The second-order valence-corrected chi connectivity index (χ2v) is 8.52. The lowest BCUT2D eigenvalue weighted by atomic mass is 10.1. The van der Waals surface area contributed by atoms with Gasteiger partial charge in [-0.25, -0.2) is 8.42 Å². The van der Waals surface area contributed by atoms with Crippen LogP contribution in [0.25, 0.3) is 0 Å². The van der Waals surface area contributed by atoms with Gasteiger partial charge in [0.1, 0.15) is 16.3 Å². The van der Waals surface area contributed by atoms with E-state index in [9.17, 15) is 26.4 Å². The highest BCUT2D eigenvalue weighted by molar-refractivity contribution is 7.89. The summed E-state index contributed by atoms with van der Waals surface area (Å²) >= 11 is 0. The number of aromatic nitrogens is 1. The molecule has 164 valence electrons. The molecular formula is C18H20F3N3O5S. The molecule has 2 aromatic rings. The number of alkyl halides is 3. The van der Waals surface area contributed by atoms with Crippen LogP contribution in [-0.4, -0.2) is 56.3 Å². The van der Waals surface area contributed by atoms with E-state index in [4.69, 9.17) is 4.74 Å². The molecule has 12 heteroatoms. The molecule has 2 N–H and O–H groups in total. The van der Waals surface area contributed by atoms with Crippen molar-refractivity contribution >= 4 is 15.9 Å². The summed E-state index contributed by atoms with van der Waals surface area (Å²) in [6.07, 6.45) is -3.54. The number of amides is 1. The van der Waals surface area contributed by atoms with E-state index in [1.54, 1.807) is 6.92 Å². The minimum atomic E-state index is -4.78. The molecule has 0 bridgehead atoms. The Morgan fingerprint density at radius 1 is 1.23 bits per heavy atom. The van der Waals surface area contributed by atoms with E-state index in [1.165, 1.54) is 28.7 Å². The highest BCUT2D eigenvalue weighted by Gasteiger charge is 2.31. The van der Waals surface area contributed by atoms with Crippen molar-refractivity contribution in [2.75, 3.05) is 26.3 Å². The smallest absolute Gasteiger partial charge is 0.406 e. The number of halogens is 3. The van der Waals surface area contributed by atoms with Gasteiger partial charge in [0.2, 0.25) is 10.0 Å². The van der Waals surface area contributed by atoms with Gasteiger partial charge in [-0.15, -0.1) is 13.2 Å². The standard InChI is InChI=1S/C18H20F3N3O5S/c1-12(13-2-4-14(5-3-13)29-18(19,20)21)23-17(25)16-10-15(11-22-16)30(26,27)24-6-8-28-9-7-24/h2-5,10-12,22H,6-9H2,1H3,(H,23,25). The summed E-state index contributed by atoms with van der Waals surface area (Å²) in [5.74, 6) is -0.923. The van der Waals surface area contributed by atoms with E-state index in [0.717, 1.165) is 12.1 Å². The molecule has 1 unspecified atom stereocenters. The Kier molecular flexibility index (Phi) is 6.38. The summed E-state index contributed by atoms with van der Waals surface area (Å²) in [5, 5.41) is 2.66. The Bertz CT molecular complexity index is 983. The van der Waals surface area contributed by atoms with Crippen LogP contribution in [0.1, 0.15) is 29.0 Å². The first-order valence-corrected chi connectivity index (χ1v) is 10.4. The third kappa shape index (κ3) is 5.32. The molecule has 0 spiro atoms. The SMILES string of the molecule is CC(NC(=O)c1cc(S(=O)(=O)N2CCOCC2)c[nH]1)c1ccc(OC(F)(F)F)cc1. The van der Waals surface area contributed by atoms with Crippen LogP contribution < -0.4 is 10.1 Å². The number of nitrogens with zero attached hydrogens (tertiary/aromatic N) is 1. The predicted octanol–water partition coefficient (Wildman–Crippen LogP) is 2.43. The van der Waals surface area contributed by atoms with Gasteiger partial charge in [-0.2, -0.15) is 4.31 Å². The van der Waals surface area contributed by atoms with Gasteiger partial charge in [-0.3, -0.25) is 4.79 Å². The average Bonchev–Trinajstić information content (AvgIpc) is 3.19. The molecule has 0 aliphatic carbocycles. The normalized spacial score (nSPS) is 16.8. The van der Waals surface area contributed by atoms with Crippen LogP contribution in [-0.2, 0) is 14.8 Å². The number of carbonyl (C=O) groups excluding carboxylic acids is 1. The van der Waals surface area contributed by atoms with E-state index in [2.05, 4.69) is 15.0 Å². The molecule has 1 fully saturated rings. The van der Waals surface area contributed by atoms with Gasteiger partial charge in [-0.05, 0) is 30.7 Å². The number of morpholine rings is 1. The zero-order chi connectivity index (χ0) is 21.9. The Balaban J connectivity index is 1.65. The second-order valence-electron chi connectivity index (χ2n) is 6.58. The molecule has 1 saturated heterocycles. The maximum Gasteiger partial charge on any atom is 0.573 e. The summed E-state index contributed by atoms with van der Waals surface area (Å²) in [5.41, 5.74) is 0.594. The number of sulfonamides is 1. The minimum absolute atomic E-state index is 0.0316. The molecule has 3 rings (SSSR count). The maximum atomic E-state index is 12.6. The number of carbonyl (C=O) groups is 1. The molecular weight excluding hydrogens is 427 g/mol.